The molecule has 2 heterocycles. The van der Waals surface area contributed by atoms with Crippen LogP contribution in [0.25, 0.3) is 0 Å². The topological polar surface area (TPSA) is 108 Å². The summed E-state index contributed by atoms with van der Waals surface area (Å²) in [6.07, 6.45) is 0. The highest BCUT2D eigenvalue weighted by Crippen LogP contribution is 2.33. The number of carbonyl (C=O) groups excluding carboxylic acids is 2. The number of ketones is 1. The first-order valence-corrected chi connectivity index (χ1v) is 10.3. The van der Waals surface area contributed by atoms with Crippen LogP contribution in [0.5, 0.6) is 0 Å². The van der Waals surface area contributed by atoms with Crippen LogP contribution >= 0.6 is 0 Å². The molecule has 4 rings (SSSR count). The van der Waals surface area contributed by atoms with Gasteiger partial charge >= 0.3 is 0 Å². The second-order valence-corrected chi connectivity index (χ2v) is 8.01. The molecular weight excluding hydrogens is 408 g/mol. The number of benzene rings is 2. The Morgan fingerprint density at radius 3 is 2.62 bits per heavy atom. The summed E-state index contributed by atoms with van der Waals surface area (Å²) in [7, 11) is 0. The van der Waals surface area contributed by atoms with Gasteiger partial charge in [0, 0.05) is 22.6 Å². The fraction of sp³-hybridized carbons (Fsp3) is 0.250. The summed E-state index contributed by atoms with van der Waals surface area (Å²) in [5.41, 5.74) is 2.25. The molecule has 0 saturated carbocycles. The SMILES string of the molecule is CC(C)(c1cccc(C(=O)c2ccccc2)c1)c1cc(NC2=NCC(=O)N2CCO)on1. The van der Waals surface area contributed by atoms with Crippen LogP contribution in [0.4, 0.5) is 5.88 Å². The number of carbonyl (C=O) groups is 2. The number of anilines is 1. The molecule has 0 fully saturated rings. The van der Waals surface area contributed by atoms with E-state index in [9.17, 15) is 9.59 Å². The maximum absolute atomic E-state index is 12.9. The zero-order chi connectivity index (χ0) is 22.7. The molecule has 2 N–H and O–H groups in total. The van der Waals surface area contributed by atoms with E-state index in [0.717, 1.165) is 5.56 Å². The Balaban J connectivity index is 1.55. The van der Waals surface area contributed by atoms with Crippen LogP contribution in [0.2, 0.25) is 0 Å². The van der Waals surface area contributed by atoms with E-state index >= 15 is 0 Å². The Morgan fingerprint density at radius 2 is 1.88 bits per heavy atom. The molecule has 8 heteroatoms. The van der Waals surface area contributed by atoms with Crippen molar-refractivity contribution in [2.24, 2.45) is 4.99 Å². The average Bonchev–Trinajstić information content (AvgIpc) is 3.42. The van der Waals surface area contributed by atoms with Gasteiger partial charge in [-0.1, -0.05) is 67.5 Å². The largest absolute Gasteiger partial charge is 0.395 e. The smallest absolute Gasteiger partial charge is 0.251 e. The Labute approximate surface area is 185 Å². The van der Waals surface area contributed by atoms with Crippen molar-refractivity contribution in [2.45, 2.75) is 19.3 Å². The molecule has 0 saturated heterocycles. The molecule has 32 heavy (non-hydrogen) atoms. The first-order valence-electron chi connectivity index (χ1n) is 10.3. The normalized spacial score (nSPS) is 13.9. The summed E-state index contributed by atoms with van der Waals surface area (Å²) >= 11 is 0. The second kappa shape index (κ2) is 8.76. The van der Waals surface area contributed by atoms with Crippen LogP contribution in [0.15, 0.2) is 70.2 Å². The molecular formula is C24H24N4O4. The lowest BCUT2D eigenvalue weighted by molar-refractivity contribution is -0.125. The third kappa shape index (κ3) is 4.17. The van der Waals surface area contributed by atoms with E-state index in [1.807, 2.05) is 50.2 Å². The molecule has 2 aromatic carbocycles. The quantitative estimate of drug-likeness (QED) is 0.556. The van der Waals surface area contributed by atoms with Crippen LogP contribution in [0.3, 0.4) is 0 Å². The van der Waals surface area contributed by atoms with Crippen molar-refractivity contribution in [2.75, 3.05) is 25.0 Å². The number of hydrogen-bond acceptors (Lipinski definition) is 7. The summed E-state index contributed by atoms with van der Waals surface area (Å²) in [5, 5.41) is 16.3. The third-order valence-corrected chi connectivity index (χ3v) is 5.51. The minimum absolute atomic E-state index is 0.0249. The van der Waals surface area contributed by atoms with E-state index in [2.05, 4.69) is 15.5 Å². The molecule has 8 nitrogen and oxygen atoms in total. The van der Waals surface area contributed by atoms with Gasteiger partial charge in [0.2, 0.25) is 11.8 Å². The molecule has 0 spiro atoms. The predicted molar refractivity (Wildman–Crippen MR) is 120 cm³/mol. The maximum atomic E-state index is 12.9. The highest BCUT2D eigenvalue weighted by atomic mass is 16.5. The number of nitrogens with one attached hydrogen (secondary N) is 1. The van der Waals surface area contributed by atoms with Crippen molar-refractivity contribution in [1.29, 1.82) is 0 Å². The second-order valence-electron chi connectivity index (χ2n) is 8.01. The fourth-order valence-electron chi connectivity index (χ4n) is 3.56. The van der Waals surface area contributed by atoms with Gasteiger partial charge in [0.05, 0.1) is 18.8 Å². The number of aliphatic imine (C=N–C) groups is 1. The zero-order valence-corrected chi connectivity index (χ0v) is 17.9. The Morgan fingerprint density at radius 1 is 1.12 bits per heavy atom. The van der Waals surface area contributed by atoms with Gasteiger partial charge in [0.25, 0.3) is 5.91 Å². The van der Waals surface area contributed by atoms with Crippen LogP contribution < -0.4 is 5.32 Å². The summed E-state index contributed by atoms with van der Waals surface area (Å²) in [6, 6.07) is 18.4. The minimum atomic E-state index is -0.547. The number of amides is 1. The van der Waals surface area contributed by atoms with Gasteiger partial charge in [-0.05, 0) is 11.6 Å². The molecule has 1 aliphatic heterocycles. The van der Waals surface area contributed by atoms with Gasteiger partial charge in [0.15, 0.2) is 5.78 Å². The number of hydrogen-bond donors (Lipinski definition) is 2. The van der Waals surface area contributed by atoms with E-state index in [0.29, 0.717) is 28.7 Å². The Bertz CT molecular complexity index is 1170. The molecule has 0 radical (unpaired) electrons. The lowest BCUT2D eigenvalue weighted by atomic mass is 9.80. The first kappa shape index (κ1) is 21.5. The van der Waals surface area contributed by atoms with Crippen LogP contribution in [-0.2, 0) is 10.2 Å². The highest BCUT2D eigenvalue weighted by Gasteiger charge is 2.30. The van der Waals surface area contributed by atoms with E-state index in [1.165, 1.54) is 4.90 Å². The minimum Gasteiger partial charge on any atom is -0.395 e. The molecule has 3 aromatic rings. The third-order valence-electron chi connectivity index (χ3n) is 5.51. The van der Waals surface area contributed by atoms with E-state index < -0.39 is 5.41 Å². The molecule has 0 unspecified atom stereocenters. The number of nitrogens with zero attached hydrogens (tertiary/aromatic N) is 3. The number of aliphatic hydroxyl groups is 1. The molecule has 1 aliphatic rings. The van der Waals surface area contributed by atoms with Crippen LogP contribution in [0.1, 0.15) is 41.0 Å². The van der Waals surface area contributed by atoms with Crippen molar-refractivity contribution < 1.29 is 19.2 Å². The van der Waals surface area contributed by atoms with Gasteiger partial charge in [-0.3, -0.25) is 19.8 Å². The Kier molecular flexibility index (Phi) is 5.87. The van der Waals surface area contributed by atoms with Gasteiger partial charge in [0.1, 0.15) is 6.54 Å². The first-order chi connectivity index (χ1) is 15.4. The van der Waals surface area contributed by atoms with Crippen molar-refractivity contribution >= 4 is 23.5 Å². The van der Waals surface area contributed by atoms with Gasteiger partial charge < -0.3 is 9.63 Å². The fourth-order valence-corrected chi connectivity index (χ4v) is 3.56. The van der Waals surface area contributed by atoms with E-state index in [4.69, 9.17) is 9.63 Å². The van der Waals surface area contributed by atoms with Crippen LogP contribution in [0, 0.1) is 0 Å². The number of aromatic nitrogens is 1. The van der Waals surface area contributed by atoms with Gasteiger partial charge in [-0.15, -0.1) is 0 Å². The summed E-state index contributed by atoms with van der Waals surface area (Å²) in [5.74, 6) is 0.418. The van der Waals surface area contributed by atoms with Gasteiger partial charge in [-0.25, -0.2) is 4.99 Å². The standard InChI is InChI=1S/C24H24N4O4/c1-24(2,18-10-6-9-17(13-18)22(31)16-7-4-3-5-8-16)19-14-20(32-27-19)26-23-25-15-21(30)28(23)11-12-29/h3-10,13-14,29H,11-12,15H2,1-2H3,(H,25,26). The monoisotopic (exact) mass is 432 g/mol. The van der Waals surface area contributed by atoms with Crippen LogP contribution in [-0.4, -0.2) is 52.5 Å². The van der Waals surface area contributed by atoms with Crippen molar-refractivity contribution in [3.63, 3.8) is 0 Å². The van der Waals surface area contributed by atoms with Gasteiger partial charge in [-0.2, -0.15) is 0 Å². The molecule has 0 bridgehead atoms. The number of rotatable bonds is 7. The highest BCUT2D eigenvalue weighted by molar-refractivity contribution is 6.09. The average molecular weight is 432 g/mol. The molecule has 0 atom stereocenters. The lowest BCUT2D eigenvalue weighted by Crippen LogP contribution is -2.38. The number of guanidine groups is 1. The summed E-state index contributed by atoms with van der Waals surface area (Å²) in [6.45, 7) is 4.00. The number of aliphatic hydroxyl groups excluding tert-OH is 1. The summed E-state index contributed by atoms with van der Waals surface area (Å²) in [4.78, 5) is 30.3. The molecule has 164 valence electrons. The van der Waals surface area contributed by atoms with E-state index in [1.54, 1.807) is 24.3 Å². The zero-order valence-electron chi connectivity index (χ0n) is 17.9. The molecule has 1 amide bonds. The summed E-state index contributed by atoms with van der Waals surface area (Å²) < 4.78 is 5.43. The maximum Gasteiger partial charge on any atom is 0.251 e. The van der Waals surface area contributed by atoms with Crippen molar-refractivity contribution in [1.82, 2.24) is 10.1 Å². The lowest BCUT2D eigenvalue weighted by Gasteiger charge is -2.23. The number of β-amino-alcohol motifs (C(OH)–C–C–N with tert-alkyl or cyclic N) is 1. The predicted octanol–water partition coefficient (Wildman–Crippen LogP) is 2.83. The van der Waals surface area contributed by atoms with E-state index in [-0.39, 0.29) is 31.4 Å². The molecule has 0 aliphatic carbocycles. The van der Waals surface area contributed by atoms with Crippen molar-refractivity contribution in [3.05, 3.63) is 83.0 Å². The van der Waals surface area contributed by atoms with Crippen molar-refractivity contribution in [3.8, 4) is 0 Å². The Hall–Kier alpha value is -3.78. The molecule has 1 aromatic heterocycles.